The van der Waals surface area contributed by atoms with Crippen molar-refractivity contribution in [1.82, 2.24) is 19.5 Å². The Morgan fingerprint density at radius 2 is 1.68 bits per heavy atom. The number of carbonyl (C=O) groups excluding carboxylic acids is 2. The molecule has 31 heavy (non-hydrogen) atoms. The number of nitrogens with zero attached hydrogens (tertiary/aromatic N) is 4. The van der Waals surface area contributed by atoms with Crippen LogP contribution < -0.4 is 9.62 Å². The van der Waals surface area contributed by atoms with E-state index in [0.717, 1.165) is 12.8 Å². The van der Waals surface area contributed by atoms with Gasteiger partial charge < -0.3 is 19.4 Å². The standard InChI is InChI=1S/C20H31N5O5S/c1-3-4-16(2)22-31(28,29)17-5-6-18(21-15-17)23-7-9-24(10-8-23)19(26)20(27)25-11-13-30-14-12-25/h5-6,15-16,22H,3-4,7-14H2,1-2H3. The fourth-order valence-corrected chi connectivity index (χ4v) is 4.94. The molecule has 3 heterocycles. The Bertz CT molecular complexity index is 862. The molecule has 2 amide bonds. The first-order valence-corrected chi connectivity index (χ1v) is 12.2. The number of sulfonamides is 1. The van der Waals surface area contributed by atoms with Crippen LogP contribution in [0.2, 0.25) is 0 Å². The van der Waals surface area contributed by atoms with Crippen molar-refractivity contribution in [3.05, 3.63) is 18.3 Å². The molecule has 2 aliphatic heterocycles. The lowest BCUT2D eigenvalue weighted by atomic mass is 10.2. The van der Waals surface area contributed by atoms with Gasteiger partial charge in [0.2, 0.25) is 10.0 Å². The van der Waals surface area contributed by atoms with Gasteiger partial charge in [0.15, 0.2) is 0 Å². The molecule has 2 fully saturated rings. The number of hydrogen-bond donors (Lipinski definition) is 1. The van der Waals surface area contributed by atoms with Crippen molar-refractivity contribution >= 4 is 27.7 Å². The number of aromatic nitrogens is 1. The highest BCUT2D eigenvalue weighted by molar-refractivity contribution is 7.89. The van der Waals surface area contributed by atoms with Crippen molar-refractivity contribution in [1.29, 1.82) is 0 Å². The van der Waals surface area contributed by atoms with Gasteiger partial charge in [0, 0.05) is 51.5 Å². The fourth-order valence-electron chi connectivity index (χ4n) is 3.72. The second-order valence-electron chi connectivity index (χ2n) is 7.85. The number of carbonyl (C=O) groups is 2. The van der Waals surface area contributed by atoms with Crippen LogP contribution in [0.5, 0.6) is 0 Å². The Hall–Kier alpha value is -2.24. The number of piperazine rings is 1. The van der Waals surface area contributed by atoms with E-state index in [9.17, 15) is 18.0 Å². The van der Waals surface area contributed by atoms with Crippen LogP contribution in [-0.2, 0) is 24.3 Å². The first-order valence-electron chi connectivity index (χ1n) is 10.7. The first kappa shape index (κ1) is 23.4. The van der Waals surface area contributed by atoms with Crippen LogP contribution in [0.25, 0.3) is 0 Å². The summed E-state index contributed by atoms with van der Waals surface area (Å²) < 4.78 is 32.8. The van der Waals surface area contributed by atoms with Gasteiger partial charge in [-0.25, -0.2) is 18.1 Å². The third kappa shape index (κ3) is 5.92. The third-order valence-corrected chi connectivity index (χ3v) is 7.06. The zero-order valence-corrected chi connectivity index (χ0v) is 18.9. The summed E-state index contributed by atoms with van der Waals surface area (Å²) in [5.41, 5.74) is 0. The quantitative estimate of drug-likeness (QED) is 0.606. The smallest absolute Gasteiger partial charge is 0.312 e. The number of morpholine rings is 1. The molecule has 2 saturated heterocycles. The summed E-state index contributed by atoms with van der Waals surface area (Å²) in [6.07, 6.45) is 3.02. The van der Waals surface area contributed by atoms with Crippen LogP contribution in [0, 0.1) is 0 Å². The molecule has 10 nitrogen and oxygen atoms in total. The van der Waals surface area contributed by atoms with E-state index in [4.69, 9.17) is 4.74 Å². The van der Waals surface area contributed by atoms with Crippen molar-refractivity contribution < 1.29 is 22.7 Å². The lowest BCUT2D eigenvalue weighted by Crippen LogP contribution is -2.54. The van der Waals surface area contributed by atoms with E-state index >= 15 is 0 Å². The molecule has 0 radical (unpaired) electrons. The van der Waals surface area contributed by atoms with Gasteiger partial charge in [0.05, 0.1) is 13.2 Å². The predicted octanol–water partition coefficient (Wildman–Crippen LogP) is 0.0559. The monoisotopic (exact) mass is 453 g/mol. The van der Waals surface area contributed by atoms with Crippen molar-refractivity contribution in [2.24, 2.45) is 0 Å². The number of anilines is 1. The zero-order chi connectivity index (χ0) is 22.4. The van der Waals surface area contributed by atoms with Gasteiger partial charge in [-0.3, -0.25) is 9.59 Å². The number of amides is 2. The van der Waals surface area contributed by atoms with Crippen LogP contribution >= 0.6 is 0 Å². The van der Waals surface area contributed by atoms with Gasteiger partial charge in [0.1, 0.15) is 10.7 Å². The lowest BCUT2D eigenvalue weighted by molar-refractivity contribution is -0.154. The Kier molecular flexibility index (Phi) is 7.84. The lowest BCUT2D eigenvalue weighted by Gasteiger charge is -2.36. The number of hydrogen-bond acceptors (Lipinski definition) is 7. The molecular weight excluding hydrogens is 422 g/mol. The summed E-state index contributed by atoms with van der Waals surface area (Å²) in [5, 5.41) is 0. The topological polar surface area (TPSA) is 112 Å². The average Bonchev–Trinajstić information content (AvgIpc) is 2.78. The van der Waals surface area contributed by atoms with Gasteiger partial charge in [-0.2, -0.15) is 0 Å². The van der Waals surface area contributed by atoms with E-state index in [1.165, 1.54) is 11.1 Å². The Balaban J connectivity index is 1.55. The second-order valence-corrected chi connectivity index (χ2v) is 9.56. The molecule has 0 spiro atoms. The van der Waals surface area contributed by atoms with Gasteiger partial charge in [0.25, 0.3) is 0 Å². The molecule has 1 aromatic rings. The summed E-state index contributed by atoms with van der Waals surface area (Å²) in [5.74, 6) is -0.315. The summed E-state index contributed by atoms with van der Waals surface area (Å²) in [7, 11) is -3.60. The van der Waals surface area contributed by atoms with E-state index in [1.54, 1.807) is 17.0 Å². The Labute approximate surface area is 183 Å². The maximum absolute atomic E-state index is 12.5. The van der Waals surface area contributed by atoms with E-state index in [2.05, 4.69) is 9.71 Å². The number of nitrogens with one attached hydrogen (secondary N) is 1. The highest BCUT2D eigenvalue weighted by atomic mass is 32.2. The van der Waals surface area contributed by atoms with E-state index in [0.29, 0.717) is 58.3 Å². The van der Waals surface area contributed by atoms with Crippen LogP contribution in [0.15, 0.2) is 23.2 Å². The molecule has 1 aromatic heterocycles. The van der Waals surface area contributed by atoms with Crippen molar-refractivity contribution in [2.75, 3.05) is 57.4 Å². The maximum Gasteiger partial charge on any atom is 0.312 e. The molecular formula is C20H31N5O5S. The van der Waals surface area contributed by atoms with Crippen LogP contribution in [0.1, 0.15) is 26.7 Å². The highest BCUT2D eigenvalue weighted by Crippen LogP contribution is 2.17. The molecule has 3 rings (SSSR count). The Morgan fingerprint density at radius 3 is 2.23 bits per heavy atom. The van der Waals surface area contributed by atoms with Crippen LogP contribution in [-0.4, -0.2) is 93.5 Å². The molecule has 11 heteroatoms. The predicted molar refractivity (Wildman–Crippen MR) is 115 cm³/mol. The molecule has 1 unspecified atom stereocenters. The molecule has 2 aliphatic rings. The van der Waals surface area contributed by atoms with Crippen LogP contribution in [0.4, 0.5) is 5.82 Å². The number of ether oxygens (including phenoxy) is 1. The zero-order valence-electron chi connectivity index (χ0n) is 18.1. The molecule has 172 valence electrons. The molecule has 0 bridgehead atoms. The summed E-state index contributed by atoms with van der Waals surface area (Å²) in [6, 6.07) is 3.08. The van der Waals surface area contributed by atoms with Gasteiger partial charge in [-0.05, 0) is 25.5 Å². The second kappa shape index (κ2) is 10.4. The minimum atomic E-state index is -3.60. The third-order valence-electron chi connectivity index (χ3n) is 5.48. The highest BCUT2D eigenvalue weighted by Gasteiger charge is 2.30. The van der Waals surface area contributed by atoms with E-state index < -0.39 is 21.8 Å². The van der Waals surface area contributed by atoms with Gasteiger partial charge in [-0.1, -0.05) is 13.3 Å². The van der Waals surface area contributed by atoms with E-state index in [1.807, 2.05) is 18.7 Å². The maximum atomic E-state index is 12.5. The number of pyridine rings is 1. The summed E-state index contributed by atoms with van der Waals surface area (Å²) in [6.45, 7) is 7.50. The largest absolute Gasteiger partial charge is 0.378 e. The molecule has 1 atom stereocenters. The Morgan fingerprint density at radius 1 is 1.06 bits per heavy atom. The van der Waals surface area contributed by atoms with E-state index in [-0.39, 0.29) is 10.9 Å². The minimum absolute atomic E-state index is 0.129. The fraction of sp³-hybridized carbons (Fsp3) is 0.650. The van der Waals surface area contributed by atoms with Crippen molar-refractivity contribution in [3.8, 4) is 0 Å². The van der Waals surface area contributed by atoms with Crippen molar-refractivity contribution in [2.45, 2.75) is 37.6 Å². The van der Waals surface area contributed by atoms with Gasteiger partial charge in [-0.15, -0.1) is 0 Å². The summed E-state index contributed by atoms with van der Waals surface area (Å²) >= 11 is 0. The first-order chi connectivity index (χ1) is 14.8. The average molecular weight is 454 g/mol. The number of rotatable bonds is 6. The normalized spacial score (nSPS) is 18.7. The molecule has 0 aromatic carbocycles. The summed E-state index contributed by atoms with van der Waals surface area (Å²) in [4.78, 5) is 34.4. The molecule has 0 aliphatic carbocycles. The van der Waals surface area contributed by atoms with Crippen molar-refractivity contribution in [3.63, 3.8) is 0 Å². The van der Waals surface area contributed by atoms with Crippen LogP contribution in [0.3, 0.4) is 0 Å². The minimum Gasteiger partial charge on any atom is -0.378 e. The molecule has 0 saturated carbocycles. The van der Waals surface area contributed by atoms with Gasteiger partial charge >= 0.3 is 11.8 Å². The molecule has 1 N–H and O–H groups in total. The SMILES string of the molecule is CCCC(C)NS(=O)(=O)c1ccc(N2CCN(C(=O)C(=O)N3CCOCC3)CC2)nc1.